The van der Waals surface area contributed by atoms with Crippen LogP contribution in [0.3, 0.4) is 0 Å². The van der Waals surface area contributed by atoms with E-state index >= 15 is 0 Å². The van der Waals surface area contributed by atoms with Crippen molar-refractivity contribution in [3.05, 3.63) is 83.4 Å². The highest BCUT2D eigenvalue weighted by atomic mass is 35.5. The molecule has 0 radical (unpaired) electrons. The van der Waals surface area contributed by atoms with E-state index in [0.717, 1.165) is 27.4 Å². The van der Waals surface area contributed by atoms with Crippen LogP contribution in [0, 0.1) is 5.82 Å². The van der Waals surface area contributed by atoms with E-state index in [9.17, 15) is 4.39 Å². The summed E-state index contributed by atoms with van der Waals surface area (Å²) in [5.41, 5.74) is 3.63. The van der Waals surface area contributed by atoms with E-state index in [-0.39, 0.29) is 5.82 Å². The molecule has 2 heterocycles. The van der Waals surface area contributed by atoms with Gasteiger partial charge in [0.2, 0.25) is 0 Å². The Balaban J connectivity index is 1.66. The van der Waals surface area contributed by atoms with Gasteiger partial charge in [-0.3, -0.25) is 0 Å². The van der Waals surface area contributed by atoms with Crippen LogP contribution in [0.25, 0.3) is 16.8 Å². The molecule has 25 heavy (non-hydrogen) atoms. The van der Waals surface area contributed by atoms with Gasteiger partial charge in [-0.15, -0.1) is 0 Å². The van der Waals surface area contributed by atoms with Crippen molar-refractivity contribution >= 4 is 28.9 Å². The zero-order chi connectivity index (χ0) is 17.2. The van der Waals surface area contributed by atoms with Crippen LogP contribution in [0.5, 0.6) is 0 Å². The van der Waals surface area contributed by atoms with Crippen LogP contribution in [-0.2, 0) is 5.75 Å². The van der Waals surface area contributed by atoms with Gasteiger partial charge in [-0.2, -0.15) is 5.10 Å². The Bertz CT molecular complexity index is 1050. The van der Waals surface area contributed by atoms with Crippen molar-refractivity contribution in [2.75, 3.05) is 0 Å². The van der Waals surface area contributed by atoms with Crippen LogP contribution < -0.4 is 0 Å². The molecule has 0 N–H and O–H groups in total. The smallest absolute Gasteiger partial charge is 0.123 e. The van der Waals surface area contributed by atoms with E-state index in [4.69, 9.17) is 11.6 Å². The average molecular weight is 370 g/mol. The van der Waals surface area contributed by atoms with Crippen LogP contribution >= 0.6 is 23.4 Å². The largest absolute Gasteiger partial charge is 0.246 e. The fourth-order valence-electron chi connectivity index (χ4n) is 2.58. The highest BCUT2D eigenvalue weighted by Crippen LogP contribution is 2.29. The van der Waals surface area contributed by atoms with Crippen LogP contribution in [0.2, 0.25) is 5.02 Å². The Morgan fingerprint density at radius 3 is 2.80 bits per heavy atom. The number of halogens is 2. The lowest BCUT2D eigenvalue weighted by Gasteiger charge is -2.03. The van der Waals surface area contributed by atoms with Gasteiger partial charge < -0.3 is 0 Å². The molecule has 0 saturated carbocycles. The molecule has 0 atom stereocenters. The number of hydrogen-bond donors (Lipinski definition) is 0. The van der Waals surface area contributed by atoms with Crippen molar-refractivity contribution in [2.45, 2.75) is 10.8 Å². The number of nitrogens with zero attached hydrogens (tertiary/aromatic N) is 3. The van der Waals surface area contributed by atoms with Gasteiger partial charge in [0, 0.05) is 28.7 Å². The molecule has 4 aromatic rings. The van der Waals surface area contributed by atoms with Gasteiger partial charge in [-0.25, -0.2) is 13.9 Å². The number of fused-ring (bicyclic) bond motifs is 1. The minimum Gasteiger partial charge on any atom is -0.246 e. The Labute approximate surface area is 153 Å². The molecule has 0 fully saturated rings. The average Bonchev–Trinajstić information content (AvgIpc) is 3.05. The SMILES string of the molecule is Fc1cccc(CSc2nccn3nc(-c4cccc(Cl)c4)cc23)c1. The van der Waals surface area contributed by atoms with E-state index in [2.05, 4.69) is 10.1 Å². The summed E-state index contributed by atoms with van der Waals surface area (Å²) in [6.45, 7) is 0. The number of aromatic nitrogens is 3. The van der Waals surface area contributed by atoms with E-state index < -0.39 is 0 Å². The Morgan fingerprint density at radius 1 is 1.08 bits per heavy atom. The summed E-state index contributed by atoms with van der Waals surface area (Å²) in [4.78, 5) is 4.45. The second-order valence-corrected chi connectivity index (χ2v) is 6.92. The van der Waals surface area contributed by atoms with Gasteiger partial charge in [-0.1, -0.05) is 47.6 Å². The fraction of sp³-hybridized carbons (Fsp3) is 0.0526. The predicted octanol–water partition coefficient (Wildman–Crippen LogP) is 5.48. The fourth-order valence-corrected chi connectivity index (χ4v) is 3.69. The van der Waals surface area contributed by atoms with E-state index in [1.165, 1.54) is 6.07 Å². The van der Waals surface area contributed by atoms with Gasteiger partial charge >= 0.3 is 0 Å². The molecule has 0 saturated heterocycles. The maximum atomic E-state index is 13.3. The Kier molecular flexibility index (Phi) is 4.42. The minimum absolute atomic E-state index is 0.225. The number of thioether (sulfide) groups is 1. The normalized spacial score (nSPS) is 11.1. The molecule has 0 aliphatic rings. The van der Waals surface area contributed by atoms with Gasteiger partial charge in [0.15, 0.2) is 0 Å². The Morgan fingerprint density at radius 2 is 1.96 bits per heavy atom. The van der Waals surface area contributed by atoms with Crippen LogP contribution in [-0.4, -0.2) is 14.6 Å². The number of benzene rings is 2. The highest BCUT2D eigenvalue weighted by molar-refractivity contribution is 7.98. The summed E-state index contributed by atoms with van der Waals surface area (Å²) in [6, 6.07) is 16.2. The highest BCUT2D eigenvalue weighted by Gasteiger charge is 2.10. The van der Waals surface area contributed by atoms with Crippen molar-refractivity contribution in [2.24, 2.45) is 0 Å². The molecule has 6 heteroatoms. The third-order valence-electron chi connectivity index (χ3n) is 3.74. The molecular formula is C19H13ClFN3S. The molecule has 0 unspecified atom stereocenters. The van der Waals surface area contributed by atoms with E-state index in [0.29, 0.717) is 10.8 Å². The summed E-state index contributed by atoms with van der Waals surface area (Å²) >= 11 is 7.63. The summed E-state index contributed by atoms with van der Waals surface area (Å²) in [7, 11) is 0. The van der Waals surface area contributed by atoms with Crippen molar-refractivity contribution in [1.82, 2.24) is 14.6 Å². The summed E-state index contributed by atoms with van der Waals surface area (Å²) < 4.78 is 15.1. The standard InChI is InChI=1S/C19H13ClFN3S/c20-15-5-2-4-14(10-15)17-11-18-19(22-7-8-24(18)23-17)25-12-13-3-1-6-16(21)9-13/h1-11H,12H2. The van der Waals surface area contributed by atoms with Crippen molar-refractivity contribution < 1.29 is 4.39 Å². The first kappa shape index (κ1) is 16.1. The second-order valence-electron chi connectivity index (χ2n) is 5.52. The first-order valence-electron chi connectivity index (χ1n) is 7.66. The van der Waals surface area contributed by atoms with E-state index in [1.807, 2.05) is 42.6 Å². The van der Waals surface area contributed by atoms with Crippen molar-refractivity contribution in [3.63, 3.8) is 0 Å². The van der Waals surface area contributed by atoms with Gasteiger partial charge in [0.25, 0.3) is 0 Å². The maximum Gasteiger partial charge on any atom is 0.123 e. The van der Waals surface area contributed by atoms with E-state index in [1.54, 1.807) is 34.6 Å². The first-order valence-corrected chi connectivity index (χ1v) is 9.03. The van der Waals surface area contributed by atoms with Gasteiger partial charge in [-0.05, 0) is 35.9 Å². The van der Waals surface area contributed by atoms with Crippen LogP contribution in [0.1, 0.15) is 5.56 Å². The summed E-state index contributed by atoms with van der Waals surface area (Å²) in [5.74, 6) is 0.416. The zero-order valence-electron chi connectivity index (χ0n) is 13.1. The van der Waals surface area contributed by atoms with Crippen LogP contribution in [0.4, 0.5) is 4.39 Å². The monoisotopic (exact) mass is 369 g/mol. The molecule has 0 spiro atoms. The number of rotatable bonds is 4. The molecule has 0 aliphatic carbocycles. The molecular weight excluding hydrogens is 357 g/mol. The third kappa shape index (κ3) is 3.52. The minimum atomic E-state index is -0.225. The molecule has 124 valence electrons. The molecule has 4 rings (SSSR count). The molecule has 3 nitrogen and oxygen atoms in total. The molecule has 0 aliphatic heterocycles. The molecule has 0 bridgehead atoms. The topological polar surface area (TPSA) is 30.2 Å². The molecule has 2 aromatic carbocycles. The lowest BCUT2D eigenvalue weighted by Crippen LogP contribution is -1.91. The lowest BCUT2D eigenvalue weighted by molar-refractivity contribution is 0.626. The van der Waals surface area contributed by atoms with Gasteiger partial charge in [0.1, 0.15) is 10.8 Å². The summed E-state index contributed by atoms with van der Waals surface area (Å²) in [5, 5.41) is 6.13. The molecule has 0 amide bonds. The zero-order valence-corrected chi connectivity index (χ0v) is 14.6. The number of hydrogen-bond acceptors (Lipinski definition) is 3. The van der Waals surface area contributed by atoms with Crippen LogP contribution in [0.15, 0.2) is 72.0 Å². The molecule has 2 aromatic heterocycles. The third-order valence-corrected chi connectivity index (χ3v) is 5.04. The summed E-state index contributed by atoms with van der Waals surface area (Å²) in [6.07, 6.45) is 3.53. The predicted molar refractivity (Wildman–Crippen MR) is 99.4 cm³/mol. The van der Waals surface area contributed by atoms with Crippen molar-refractivity contribution in [1.29, 1.82) is 0 Å². The van der Waals surface area contributed by atoms with Crippen molar-refractivity contribution in [3.8, 4) is 11.3 Å². The Hall–Kier alpha value is -2.37. The van der Waals surface area contributed by atoms with Gasteiger partial charge in [0.05, 0.1) is 11.2 Å². The maximum absolute atomic E-state index is 13.3. The first-order chi connectivity index (χ1) is 12.2. The quantitative estimate of drug-likeness (QED) is 0.446. The second kappa shape index (κ2) is 6.86. The lowest BCUT2D eigenvalue weighted by atomic mass is 10.1.